The summed E-state index contributed by atoms with van der Waals surface area (Å²) in [5, 5.41) is 7.84. The number of fused-ring (bicyclic) bond motifs is 1. The standard InChI is InChI=1S/C9H7ClN2O2/c1-14-9(13)5-2-6-4-11-12-8(6)7(10)3-5/h2-4H,1H3,(H,11,12). The van der Waals surface area contributed by atoms with Crippen molar-refractivity contribution in [1.29, 1.82) is 0 Å². The van der Waals surface area contributed by atoms with E-state index in [1.807, 2.05) is 0 Å². The minimum atomic E-state index is -0.407. The maximum absolute atomic E-state index is 11.2. The minimum Gasteiger partial charge on any atom is -0.465 e. The minimum absolute atomic E-state index is 0.407. The Bertz CT molecular complexity index is 493. The van der Waals surface area contributed by atoms with Gasteiger partial charge >= 0.3 is 5.97 Å². The number of halogens is 1. The van der Waals surface area contributed by atoms with E-state index < -0.39 is 5.97 Å². The van der Waals surface area contributed by atoms with Crippen LogP contribution >= 0.6 is 11.6 Å². The monoisotopic (exact) mass is 210 g/mol. The molecule has 1 N–H and O–H groups in total. The predicted octanol–water partition coefficient (Wildman–Crippen LogP) is 2.00. The highest BCUT2D eigenvalue weighted by atomic mass is 35.5. The molecule has 14 heavy (non-hydrogen) atoms. The Morgan fingerprint density at radius 3 is 3.07 bits per heavy atom. The molecule has 1 aromatic heterocycles. The lowest BCUT2D eigenvalue weighted by Gasteiger charge is -1.99. The molecule has 2 rings (SSSR count). The molecule has 2 aromatic rings. The molecule has 0 unspecified atom stereocenters. The van der Waals surface area contributed by atoms with Gasteiger partial charge in [-0.25, -0.2) is 4.79 Å². The average Bonchev–Trinajstić information content (AvgIpc) is 2.64. The molecule has 1 aromatic carbocycles. The quantitative estimate of drug-likeness (QED) is 0.733. The third kappa shape index (κ3) is 1.33. The summed E-state index contributed by atoms with van der Waals surface area (Å²) in [6.07, 6.45) is 1.67. The number of ether oxygens (including phenoxy) is 1. The lowest BCUT2D eigenvalue weighted by atomic mass is 10.1. The number of aromatic amines is 1. The van der Waals surface area contributed by atoms with Crippen molar-refractivity contribution in [3.8, 4) is 0 Å². The molecule has 4 nitrogen and oxygen atoms in total. The van der Waals surface area contributed by atoms with Crippen LogP contribution in [0.1, 0.15) is 10.4 Å². The zero-order chi connectivity index (χ0) is 10.1. The van der Waals surface area contributed by atoms with Gasteiger partial charge in [-0.2, -0.15) is 5.10 Å². The number of methoxy groups -OCH3 is 1. The predicted molar refractivity (Wildman–Crippen MR) is 52.4 cm³/mol. The first-order valence-electron chi connectivity index (χ1n) is 3.93. The van der Waals surface area contributed by atoms with Crippen LogP contribution in [0.15, 0.2) is 18.3 Å². The number of hydrogen-bond donors (Lipinski definition) is 1. The Morgan fingerprint density at radius 1 is 1.57 bits per heavy atom. The van der Waals surface area contributed by atoms with Gasteiger partial charge in [0, 0.05) is 11.6 Å². The van der Waals surface area contributed by atoms with Crippen LogP contribution < -0.4 is 0 Å². The number of nitrogens with one attached hydrogen (secondary N) is 1. The normalized spacial score (nSPS) is 10.4. The summed E-state index contributed by atoms with van der Waals surface area (Å²) in [4.78, 5) is 11.2. The van der Waals surface area contributed by atoms with Gasteiger partial charge in [-0.1, -0.05) is 11.6 Å². The molecule has 0 aliphatic carbocycles. The first kappa shape index (κ1) is 9.02. The van der Waals surface area contributed by atoms with E-state index in [4.69, 9.17) is 11.6 Å². The van der Waals surface area contributed by atoms with E-state index in [9.17, 15) is 4.79 Å². The molecule has 72 valence electrons. The van der Waals surface area contributed by atoms with Crippen molar-refractivity contribution in [3.63, 3.8) is 0 Å². The number of H-pyrrole nitrogens is 1. The number of hydrogen-bond acceptors (Lipinski definition) is 3. The van der Waals surface area contributed by atoms with Crippen LogP contribution in [0, 0.1) is 0 Å². The first-order chi connectivity index (χ1) is 6.72. The summed E-state index contributed by atoms with van der Waals surface area (Å²) in [5.41, 5.74) is 1.07. The molecule has 0 bridgehead atoms. The van der Waals surface area contributed by atoms with Crippen LogP contribution in [0.2, 0.25) is 5.02 Å². The summed E-state index contributed by atoms with van der Waals surface area (Å²) in [6, 6.07) is 3.22. The van der Waals surface area contributed by atoms with Crippen LogP contribution in [0.3, 0.4) is 0 Å². The lowest BCUT2D eigenvalue weighted by molar-refractivity contribution is 0.0601. The van der Waals surface area contributed by atoms with E-state index in [0.29, 0.717) is 16.1 Å². The number of carbonyl (C=O) groups excluding carboxylic acids is 1. The molecule has 0 aliphatic rings. The summed E-state index contributed by atoms with van der Waals surface area (Å²) in [5.74, 6) is -0.407. The smallest absolute Gasteiger partial charge is 0.337 e. The highest BCUT2D eigenvalue weighted by Crippen LogP contribution is 2.23. The second-order valence-electron chi connectivity index (χ2n) is 2.77. The van der Waals surface area contributed by atoms with E-state index in [-0.39, 0.29) is 0 Å². The topological polar surface area (TPSA) is 55.0 Å². The van der Waals surface area contributed by atoms with Gasteiger partial charge in [0.25, 0.3) is 0 Å². The maximum Gasteiger partial charge on any atom is 0.337 e. The van der Waals surface area contributed by atoms with Gasteiger partial charge in [-0.05, 0) is 12.1 Å². The van der Waals surface area contributed by atoms with Gasteiger partial charge in [0.05, 0.1) is 17.7 Å². The Balaban J connectivity index is 2.64. The van der Waals surface area contributed by atoms with Crippen molar-refractivity contribution in [2.45, 2.75) is 0 Å². The van der Waals surface area contributed by atoms with Crippen molar-refractivity contribution in [3.05, 3.63) is 28.9 Å². The molecule has 0 saturated heterocycles. The summed E-state index contributed by atoms with van der Waals surface area (Å²) in [6.45, 7) is 0. The van der Waals surface area contributed by atoms with E-state index in [0.717, 1.165) is 5.39 Å². The van der Waals surface area contributed by atoms with Crippen molar-refractivity contribution >= 4 is 28.5 Å². The number of esters is 1. The molecular formula is C9H7ClN2O2. The van der Waals surface area contributed by atoms with Gasteiger partial charge in [-0.3, -0.25) is 5.10 Å². The molecule has 0 radical (unpaired) electrons. The molecular weight excluding hydrogens is 204 g/mol. The second-order valence-corrected chi connectivity index (χ2v) is 3.18. The molecule has 0 spiro atoms. The van der Waals surface area contributed by atoms with Gasteiger partial charge in [0.15, 0.2) is 0 Å². The molecule has 0 saturated carbocycles. The summed E-state index contributed by atoms with van der Waals surface area (Å²) in [7, 11) is 1.33. The fraction of sp³-hybridized carbons (Fsp3) is 0.111. The zero-order valence-electron chi connectivity index (χ0n) is 7.37. The SMILES string of the molecule is COC(=O)c1cc(Cl)c2n[nH]cc2c1. The molecule has 0 atom stereocenters. The number of aromatic nitrogens is 2. The van der Waals surface area contributed by atoms with E-state index >= 15 is 0 Å². The largest absolute Gasteiger partial charge is 0.465 e. The summed E-state index contributed by atoms with van der Waals surface area (Å²) >= 11 is 5.91. The van der Waals surface area contributed by atoms with Crippen LogP contribution in [0.5, 0.6) is 0 Å². The van der Waals surface area contributed by atoms with Gasteiger partial charge < -0.3 is 4.74 Å². The maximum atomic E-state index is 11.2. The fourth-order valence-corrected chi connectivity index (χ4v) is 1.52. The third-order valence-electron chi connectivity index (χ3n) is 1.91. The molecule has 0 aliphatic heterocycles. The Morgan fingerprint density at radius 2 is 2.36 bits per heavy atom. The lowest BCUT2D eigenvalue weighted by Crippen LogP contribution is -2.00. The van der Waals surface area contributed by atoms with Crippen molar-refractivity contribution in [2.24, 2.45) is 0 Å². The van der Waals surface area contributed by atoms with Crippen molar-refractivity contribution < 1.29 is 9.53 Å². The van der Waals surface area contributed by atoms with E-state index in [2.05, 4.69) is 14.9 Å². The Hall–Kier alpha value is -1.55. The van der Waals surface area contributed by atoms with Gasteiger partial charge in [0.2, 0.25) is 0 Å². The van der Waals surface area contributed by atoms with Crippen molar-refractivity contribution in [1.82, 2.24) is 10.2 Å². The fourth-order valence-electron chi connectivity index (χ4n) is 1.25. The van der Waals surface area contributed by atoms with Crippen LogP contribution in [-0.4, -0.2) is 23.3 Å². The number of benzene rings is 1. The van der Waals surface area contributed by atoms with E-state index in [1.165, 1.54) is 13.2 Å². The third-order valence-corrected chi connectivity index (χ3v) is 2.20. The van der Waals surface area contributed by atoms with Gasteiger partial charge in [0.1, 0.15) is 5.52 Å². The second kappa shape index (κ2) is 3.31. The Labute approximate surface area is 84.8 Å². The summed E-state index contributed by atoms with van der Waals surface area (Å²) < 4.78 is 4.59. The number of rotatable bonds is 1. The highest BCUT2D eigenvalue weighted by molar-refractivity contribution is 6.35. The first-order valence-corrected chi connectivity index (χ1v) is 4.31. The Kier molecular flexibility index (Phi) is 2.13. The number of carbonyl (C=O) groups is 1. The van der Waals surface area contributed by atoms with Crippen molar-refractivity contribution in [2.75, 3.05) is 7.11 Å². The zero-order valence-corrected chi connectivity index (χ0v) is 8.13. The molecule has 0 amide bonds. The van der Waals surface area contributed by atoms with E-state index in [1.54, 1.807) is 12.3 Å². The van der Waals surface area contributed by atoms with Gasteiger partial charge in [-0.15, -0.1) is 0 Å². The highest BCUT2D eigenvalue weighted by Gasteiger charge is 2.10. The molecule has 1 heterocycles. The van der Waals surface area contributed by atoms with Crippen LogP contribution in [-0.2, 0) is 4.74 Å². The van der Waals surface area contributed by atoms with Crippen LogP contribution in [0.25, 0.3) is 10.9 Å². The average molecular weight is 211 g/mol. The number of nitrogens with zero attached hydrogens (tertiary/aromatic N) is 1. The van der Waals surface area contributed by atoms with Crippen LogP contribution in [0.4, 0.5) is 0 Å². The molecule has 5 heteroatoms. The molecule has 0 fully saturated rings.